The topological polar surface area (TPSA) is 70.6 Å². The summed E-state index contributed by atoms with van der Waals surface area (Å²) in [5.41, 5.74) is 2.04. The van der Waals surface area contributed by atoms with Gasteiger partial charge in [0.2, 0.25) is 5.91 Å². The molecule has 1 amide bonds. The minimum Gasteiger partial charge on any atom is -0.379 e. The molecule has 3 aliphatic rings. The number of likely N-dealkylation sites (tertiary alicyclic amines) is 1. The van der Waals surface area contributed by atoms with Crippen LogP contribution < -0.4 is 5.69 Å². The molecule has 7 nitrogen and oxygen atoms in total. The first kappa shape index (κ1) is 19.8. The number of aryl methyl sites for hydroxylation is 1. The highest BCUT2D eigenvalue weighted by Gasteiger charge is 2.63. The molecule has 1 aromatic carbocycles. The quantitative estimate of drug-likeness (QED) is 0.815. The SMILES string of the molecule is CC1(C)C[C@]2(CN3CCOCC3)CN(C(=O)CCn3c(=O)[nH]c4ccccc43)C[C@H]12. The zero-order chi connectivity index (χ0) is 20.9. The highest BCUT2D eigenvalue weighted by molar-refractivity contribution is 5.78. The Hall–Kier alpha value is -2.12. The number of aromatic amines is 1. The van der Waals surface area contributed by atoms with E-state index in [4.69, 9.17) is 4.74 Å². The van der Waals surface area contributed by atoms with Crippen LogP contribution in [0.3, 0.4) is 0 Å². The van der Waals surface area contributed by atoms with Crippen LogP contribution in [0.4, 0.5) is 0 Å². The molecule has 0 spiro atoms. The number of carbonyl (C=O) groups excluding carboxylic acids is 1. The molecule has 2 aliphatic heterocycles. The summed E-state index contributed by atoms with van der Waals surface area (Å²) in [6, 6.07) is 7.64. The lowest BCUT2D eigenvalue weighted by Gasteiger charge is -2.58. The van der Waals surface area contributed by atoms with Crippen LogP contribution in [-0.4, -0.2) is 71.2 Å². The maximum atomic E-state index is 13.1. The van der Waals surface area contributed by atoms with Crippen molar-refractivity contribution in [3.8, 4) is 0 Å². The average molecular weight is 413 g/mol. The summed E-state index contributed by atoms with van der Waals surface area (Å²) in [7, 11) is 0. The van der Waals surface area contributed by atoms with E-state index in [9.17, 15) is 9.59 Å². The van der Waals surface area contributed by atoms with Crippen LogP contribution in [-0.2, 0) is 16.1 Å². The van der Waals surface area contributed by atoms with Gasteiger partial charge in [-0.2, -0.15) is 0 Å². The molecule has 5 rings (SSSR count). The fourth-order valence-electron chi connectivity index (χ4n) is 6.43. The van der Waals surface area contributed by atoms with Crippen molar-refractivity contribution >= 4 is 16.9 Å². The summed E-state index contributed by atoms with van der Waals surface area (Å²) in [6.45, 7) is 11.5. The van der Waals surface area contributed by atoms with Gasteiger partial charge in [0, 0.05) is 51.1 Å². The van der Waals surface area contributed by atoms with E-state index in [0.717, 1.165) is 57.0 Å². The second-order valence-electron chi connectivity index (χ2n) is 10.1. The van der Waals surface area contributed by atoms with Crippen molar-refractivity contribution in [2.75, 3.05) is 45.9 Å². The minimum atomic E-state index is -0.143. The first-order valence-corrected chi connectivity index (χ1v) is 11.1. The molecule has 2 aromatic rings. The van der Waals surface area contributed by atoms with E-state index >= 15 is 0 Å². The molecule has 1 aliphatic carbocycles. The Kier molecular flexibility index (Phi) is 4.78. The van der Waals surface area contributed by atoms with Crippen molar-refractivity contribution in [1.29, 1.82) is 0 Å². The first-order valence-electron chi connectivity index (χ1n) is 11.1. The molecule has 2 atom stereocenters. The lowest BCUT2D eigenvalue weighted by molar-refractivity contribution is -0.131. The highest BCUT2D eigenvalue weighted by Crippen LogP contribution is 2.63. The molecule has 1 aromatic heterocycles. The lowest BCUT2D eigenvalue weighted by Crippen LogP contribution is -2.59. The van der Waals surface area contributed by atoms with E-state index in [0.29, 0.717) is 18.9 Å². The van der Waals surface area contributed by atoms with E-state index in [-0.39, 0.29) is 22.4 Å². The lowest BCUT2D eigenvalue weighted by atomic mass is 9.48. The van der Waals surface area contributed by atoms with E-state index in [2.05, 4.69) is 28.6 Å². The number of hydrogen-bond donors (Lipinski definition) is 1. The van der Waals surface area contributed by atoms with E-state index in [1.54, 1.807) is 4.57 Å². The number of rotatable bonds is 5. The third kappa shape index (κ3) is 3.28. The predicted molar refractivity (Wildman–Crippen MR) is 115 cm³/mol. The second kappa shape index (κ2) is 7.24. The average Bonchev–Trinajstić information content (AvgIpc) is 3.21. The second-order valence-corrected chi connectivity index (χ2v) is 10.1. The van der Waals surface area contributed by atoms with Gasteiger partial charge in [-0.15, -0.1) is 0 Å². The Bertz CT molecular complexity index is 1000. The van der Waals surface area contributed by atoms with Gasteiger partial charge in [-0.3, -0.25) is 14.3 Å². The summed E-state index contributed by atoms with van der Waals surface area (Å²) in [5, 5.41) is 0. The van der Waals surface area contributed by atoms with E-state index < -0.39 is 0 Å². The van der Waals surface area contributed by atoms with Crippen LogP contribution in [0.2, 0.25) is 0 Å². The first-order chi connectivity index (χ1) is 14.4. The number of nitrogens with one attached hydrogen (secondary N) is 1. The Labute approximate surface area is 177 Å². The highest BCUT2D eigenvalue weighted by atomic mass is 16.5. The molecule has 0 bridgehead atoms. The standard InChI is InChI=1S/C23H32N4O3/c1-22(2)14-23(15-25-9-11-30-12-10-25)16-26(13-19(22)23)20(28)7-8-27-18-6-4-3-5-17(18)24-21(27)29/h3-6,19H,7-16H2,1-2H3,(H,24,29)/t19-,23+/m1/s1. The third-order valence-electron chi connectivity index (χ3n) is 7.62. The monoisotopic (exact) mass is 412 g/mol. The normalized spacial score (nSPS) is 28.5. The summed E-state index contributed by atoms with van der Waals surface area (Å²) < 4.78 is 7.20. The summed E-state index contributed by atoms with van der Waals surface area (Å²) in [5.74, 6) is 0.714. The van der Waals surface area contributed by atoms with Crippen LogP contribution in [0.5, 0.6) is 0 Å². The molecule has 2 saturated heterocycles. The molecule has 30 heavy (non-hydrogen) atoms. The van der Waals surface area contributed by atoms with E-state index in [1.165, 1.54) is 6.42 Å². The van der Waals surface area contributed by atoms with Crippen LogP contribution in [0, 0.1) is 16.7 Å². The van der Waals surface area contributed by atoms with Gasteiger partial charge in [0.05, 0.1) is 24.2 Å². The Morgan fingerprint density at radius 1 is 1.23 bits per heavy atom. The summed E-state index contributed by atoms with van der Waals surface area (Å²) >= 11 is 0. The molecule has 0 unspecified atom stereocenters. The fraction of sp³-hybridized carbons (Fsp3) is 0.652. The van der Waals surface area contributed by atoms with Crippen LogP contribution >= 0.6 is 0 Å². The smallest absolute Gasteiger partial charge is 0.326 e. The molecular formula is C23H32N4O3. The number of H-pyrrole nitrogens is 1. The largest absolute Gasteiger partial charge is 0.379 e. The molecule has 1 N–H and O–H groups in total. The molecule has 162 valence electrons. The van der Waals surface area contributed by atoms with Crippen molar-refractivity contribution in [3.05, 3.63) is 34.7 Å². The number of ether oxygens (including phenoxy) is 1. The molecule has 3 fully saturated rings. The van der Waals surface area contributed by atoms with Crippen LogP contribution in [0.25, 0.3) is 11.0 Å². The van der Waals surface area contributed by atoms with Crippen molar-refractivity contribution in [2.45, 2.75) is 33.2 Å². The number of carbonyl (C=O) groups is 1. The number of fused-ring (bicyclic) bond motifs is 2. The summed E-state index contributed by atoms with van der Waals surface area (Å²) in [6.07, 6.45) is 1.54. The van der Waals surface area contributed by atoms with Gasteiger partial charge in [-0.05, 0) is 29.9 Å². The molecular weight excluding hydrogens is 380 g/mol. The maximum absolute atomic E-state index is 13.1. The fourth-order valence-corrected chi connectivity index (χ4v) is 6.43. The third-order valence-corrected chi connectivity index (χ3v) is 7.62. The van der Waals surface area contributed by atoms with Gasteiger partial charge in [0.15, 0.2) is 0 Å². The number of hydrogen-bond acceptors (Lipinski definition) is 4. The molecule has 7 heteroatoms. The van der Waals surface area contributed by atoms with Gasteiger partial charge >= 0.3 is 5.69 Å². The van der Waals surface area contributed by atoms with Gasteiger partial charge in [-0.25, -0.2) is 4.79 Å². The van der Waals surface area contributed by atoms with Gasteiger partial charge < -0.3 is 14.6 Å². The number of para-hydroxylation sites is 2. The zero-order valence-corrected chi connectivity index (χ0v) is 18.0. The van der Waals surface area contributed by atoms with Gasteiger partial charge in [0.1, 0.15) is 0 Å². The molecule has 0 radical (unpaired) electrons. The molecule has 1 saturated carbocycles. The zero-order valence-electron chi connectivity index (χ0n) is 18.0. The minimum absolute atomic E-state index is 0.143. The van der Waals surface area contributed by atoms with E-state index in [1.807, 2.05) is 24.3 Å². The van der Waals surface area contributed by atoms with Gasteiger partial charge in [-0.1, -0.05) is 26.0 Å². The summed E-state index contributed by atoms with van der Waals surface area (Å²) in [4.78, 5) is 32.9. The van der Waals surface area contributed by atoms with Crippen molar-refractivity contribution in [3.63, 3.8) is 0 Å². The number of nitrogens with zero attached hydrogens (tertiary/aromatic N) is 3. The van der Waals surface area contributed by atoms with Crippen LogP contribution in [0.15, 0.2) is 29.1 Å². The van der Waals surface area contributed by atoms with Gasteiger partial charge in [0.25, 0.3) is 0 Å². The maximum Gasteiger partial charge on any atom is 0.326 e. The Morgan fingerprint density at radius 3 is 2.77 bits per heavy atom. The van der Waals surface area contributed by atoms with Crippen molar-refractivity contribution in [2.24, 2.45) is 16.7 Å². The predicted octanol–water partition coefficient (Wildman–Crippen LogP) is 1.93. The Morgan fingerprint density at radius 2 is 2.00 bits per heavy atom. The number of amides is 1. The number of imidazole rings is 1. The number of aromatic nitrogens is 2. The number of benzene rings is 1. The molecule has 3 heterocycles. The Balaban J connectivity index is 1.27. The number of morpholine rings is 1. The van der Waals surface area contributed by atoms with Crippen molar-refractivity contribution in [1.82, 2.24) is 19.4 Å². The van der Waals surface area contributed by atoms with Crippen LogP contribution in [0.1, 0.15) is 26.7 Å². The van der Waals surface area contributed by atoms with Crippen molar-refractivity contribution < 1.29 is 9.53 Å².